The summed E-state index contributed by atoms with van der Waals surface area (Å²) in [5, 5.41) is 5.18. The molecular formula is C19H26FN3O5S. The molecule has 1 aliphatic carbocycles. The average molecular weight is 427 g/mol. The van der Waals surface area contributed by atoms with E-state index in [1.54, 1.807) is 0 Å². The lowest BCUT2D eigenvalue weighted by atomic mass is 9.95. The highest BCUT2D eigenvalue weighted by Crippen LogP contribution is 2.22. The van der Waals surface area contributed by atoms with Crippen molar-refractivity contribution in [2.45, 2.75) is 55.7 Å². The number of hydrogen-bond donors (Lipinski definition) is 2. The first-order valence-electron chi connectivity index (χ1n) is 9.85. The zero-order valence-electron chi connectivity index (χ0n) is 16.1. The van der Waals surface area contributed by atoms with Crippen LogP contribution in [0.1, 0.15) is 38.5 Å². The van der Waals surface area contributed by atoms with Crippen LogP contribution in [-0.2, 0) is 24.3 Å². The average Bonchev–Trinajstić information content (AvgIpc) is 2.73. The van der Waals surface area contributed by atoms with Gasteiger partial charge < -0.3 is 15.4 Å². The Morgan fingerprint density at radius 1 is 1.07 bits per heavy atom. The molecule has 0 aromatic heterocycles. The fourth-order valence-corrected chi connectivity index (χ4v) is 5.17. The fourth-order valence-electron chi connectivity index (χ4n) is 3.60. The zero-order valence-corrected chi connectivity index (χ0v) is 16.9. The maximum Gasteiger partial charge on any atom is 0.309 e. The molecule has 3 rings (SSSR count). The zero-order chi connectivity index (χ0) is 20.9. The predicted molar refractivity (Wildman–Crippen MR) is 103 cm³/mol. The van der Waals surface area contributed by atoms with Crippen LogP contribution in [0.25, 0.3) is 0 Å². The van der Waals surface area contributed by atoms with Gasteiger partial charge in [0.25, 0.3) is 0 Å². The minimum absolute atomic E-state index is 0.00304. The van der Waals surface area contributed by atoms with Crippen molar-refractivity contribution in [1.82, 2.24) is 14.9 Å². The van der Waals surface area contributed by atoms with Crippen molar-refractivity contribution in [3.05, 3.63) is 30.1 Å². The third-order valence-corrected chi connectivity index (χ3v) is 7.06. The quantitative estimate of drug-likeness (QED) is 0.686. The van der Waals surface area contributed by atoms with Crippen molar-refractivity contribution in [1.29, 1.82) is 0 Å². The van der Waals surface area contributed by atoms with Crippen molar-refractivity contribution in [3.63, 3.8) is 0 Å². The van der Waals surface area contributed by atoms with E-state index in [1.165, 1.54) is 12.1 Å². The second kappa shape index (κ2) is 9.64. The Hall–Kier alpha value is -2.04. The van der Waals surface area contributed by atoms with Crippen LogP contribution in [0.5, 0.6) is 0 Å². The molecule has 8 nitrogen and oxygen atoms in total. The highest BCUT2D eigenvalue weighted by Gasteiger charge is 2.35. The van der Waals surface area contributed by atoms with Gasteiger partial charge in [0.15, 0.2) is 0 Å². The lowest BCUT2D eigenvalue weighted by Gasteiger charge is -2.34. The highest BCUT2D eigenvalue weighted by atomic mass is 32.2. The number of hydrogen-bond acceptors (Lipinski definition) is 5. The lowest BCUT2D eigenvalue weighted by Crippen LogP contribution is -2.53. The van der Waals surface area contributed by atoms with Crippen molar-refractivity contribution < 1.29 is 27.1 Å². The van der Waals surface area contributed by atoms with E-state index >= 15 is 0 Å². The molecule has 1 saturated heterocycles. The molecular weight excluding hydrogens is 401 g/mol. The summed E-state index contributed by atoms with van der Waals surface area (Å²) in [4.78, 5) is 24.2. The van der Waals surface area contributed by atoms with Crippen molar-refractivity contribution in [3.8, 4) is 0 Å². The van der Waals surface area contributed by atoms with E-state index in [2.05, 4.69) is 10.6 Å². The molecule has 29 heavy (non-hydrogen) atoms. The van der Waals surface area contributed by atoms with E-state index in [4.69, 9.17) is 4.74 Å². The number of halogens is 1. The molecule has 2 N–H and O–H groups in total. The molecule has 1 atom stereocenters. The van der Waals surface area contributed by atoms with E-state index in [-0.39, 0.29) is 24.0 Å². The topological polar surface area (TPSA) is 105 Å². The molecule has 1 aliphatic heterocycles. The Morgan fingerprint density at radius 2 is 1.76 bits per heavy atom. The molecule has 160 valence electrons. The number of carbonyl (C=O) groups is 2. The number of carbonyl (C=O) groups excluding carboxylic acids is 2. The van der Waals surface area contributed by atoms with Gasteiger partial charge >= 0.3 is 11.8 Å². The van der Waals surface area contributed by atoms with Gasteiger partial charge in [0, 0.05) is 12.6 Å². The number of rotatable bonds is 5. The van der Waals surface area contributed by atoms with Gasteiger partial charge in [-0.15, -0.1) is 0 Å². The Bertz CT molecular complexity index is 825. The summed E-state index contributed by atoms with van der Waals surface area (Å²) < 4.78 is 45.5. The number of benzene rings is 1. The van der Waals surface area contributed by atoms with Crippen LogP contribution in [0.4, 0.5) is 4.39 Å². The van der Waals surface area contributed by atoms with Crippen molar-refractivity contribution >= 4 is 21.8 Å². The molecule has 0 unspecified atom stereocenters. The smallest absolute Gasteiger partial charge is 0.309 e. The van der Waals surface area contributed by atoms with Crippen LogP contribution in [-0.4, -0.2) is 56.5 Å². The molecule has 10 heteroatoms. The summed E-state index contributed by atoms with van der Waals surface area (Å²) in [5.74, 6) is -2.07. The van der Waals surface area contributed by atoms with Gasteiger partial charge in [-0.2, -0.15) is 4.31 Å². The minimum atomic E-state index is -3.93. The molecule has 1 heterocycles. The number of ether oxygens (including phenoxy) is 1. The maximum atomic E-state index is 13.1. The third kappa shape index (κ3) is 5.52. The number of nitrogens with one attached hydrogen (secondary N) is 2. The summed E-state index contributed by atoms with van der Waals surface area (Å²) in [5.41, 5.74) is 0. The molecule has 1 aromatic rings. The van der Waals surface area contributed by atoms with Crippen LogP contribution in [0.2, 0.25) is 0 Å². The van der Waals surface area contributed by atoms with E-state index in [1.807, 2.05) is 0 Å². The summed E-state index contributed by atoms with van der Waals surface area (Å²) in [6, 6.07) is 4.52. The standard InChI is InChI=1S/C19H26FN3O5S/c20-14-7-9-16(10-8-14)29(26,27)23-11-4-12-28-17(23)13-21-18(24)19(25)22-15-5-2-1-3-6-15/h7-10,15,17H,1-6,11-13H2,(H,21,24)(H,22,25)/t17-/m0/s1. The fraction of sp³-hybridized carbons (Fsp3) is 0.579. The molecule has 1 aromatic carbocycles. The van der Waals surface area contributed by atoms with Crippen molar-refractivity contribution in [2.24, 2.45) is 0 Å². The SMILES string of the molecule is O=C(NC[C@@H]1OCCCN1S(=O)(=O)c1ccc(F)cc1)C(=O)NC1CCCCC1. The summed E-state index contributed by atoms with van der Waals surface area (Å²) >= 11 is 0. The van der Waals surface area contributed by atoms with Gasteiger partial charge in [0.05, 0.1) is 18.0 Å². The van der Waals surface area contributed by atoms with Crippen molar-refractivity contribution in [2.75, 3.05) is 19.7 Å². The van der Waals surface area contributed by atoms with Gasteiger partial charge in [-0.05, 0) is 43.5 Å². The first-order chi connectivity index (χ1) is 13.9. The van der Waals surface area contributed by atoms with Gasteiger partial charge in [0.2, 0.25) is 10.0 Å². The van der Waals surface area contributed by atoms with Gasteiger partial charge in [0.1, 0.15) is 12.0 Å². The second-order valence-electron chi connectivity index (χ2n) is 7.27. The normalized spacial score (nSPS) is 21.5. The van der Waals surface area contributed by atoms with E-state index in [0.717, 1.165) is 48.5 Å². The molecule has 0 spiro atoms. The monoisotopic (exact) mass is 427 g/mol. The van der Waals surface area contributed by atoms with Gasteiger partial charge in [-0.1, -0.05) is 19.3 Å². The van der Waals surface area contributed by atoms with Crippen LogP contribution in [0.15, 0.2) is 29.2 Å². The second-order valence-corrected chi connectivity index (χ2v) is 9.16. The summed E-state index contributed by atoms with van der Waals surface area (Å²) in [7, 11) is -3.93. The summed E-state index contributed by atoms with van der Waals surface area (Å²) in [6.45, 7) is 0.385. The third-order valence-electron chi connectivity index (χ3n) is 5.16. The van der Waals surface area contributed by atoms with Gasteiger partial charge in [-0.25, -0.2) is 12.8 Å². The van der Waals surface area contributed by atoms with Crippen LogP contribution in [0, 0.1) is 5.82 Å². The van der Waals surface area contributed by atoms with E-state index in [9.17, 15) is 22.4 Å². The minimum Gasteiger partial charge on any atom is -0.360 e. The Kier molecular flexibility index (Phi) is 7.20. The van der Waals surface area contributed by atoms with E-state index < -0.39 is 33.9 Å². The highest BCUT2D eigenvalue weighted by molar-refractivity contribution is 7.89. The number of nitrogens with zero attached hydrogens (tertiary/aromatic N) is 1. The summed E-state index contributed by atoms with van der Waals surface area (Å²) in [6.07, 6.45) is 4.45. The molecule has 2 aliphatic rings. The first-order valence-corrected chi connectivity index (χ1v) is 11.3. The van der Waals surface area contributed by atoms with Crippen LogP contribution < -0.4 is 10.6 Å². The molecule has 0 radical (unpaired) electrons. The van der Waals surface area contributed by atoms with E-state index in [0.29, 0.717) is 13.0 Å². The molecule has 2 amide bonds. The van der Waals surface area contributed by atoms with Crippen LogP contribution >= 0.6 is 0 Å². The largest absolute Gasteiger partial charge is 0.360 e. The van der Waals surface area contributed by atoms with Crippen LogP contribution in [0.3, 0.4) is 0 Å². The molecule has 2 fully saturated rings. The Balaban J connectivity index is 1.60. The lowest BCUT2D eigenvalue weighted by molar-refractivity contribution is -0.140. The molecule has 0 bridgehead atoms. The Morgan fingerprint density at radius 3 is 2.45 bits per heavy atom. The Labute approximate surface area is 169 Å². The predicted octanol–water partition coefficient (Wildman–Crippen LogP) is 1.13. The molecule has 1 saturated carbocycles. The number of amides is 2. The maximum absolute atomic E-state index is 13.1. The number of sulfonamides is 1. The van der Waals surface area contributed by atoms with Gasteiger partial charge in [-0.3, -0.25) is 9.59 Å². The first kappa shape index (κ1) is 21.7.